The molecule has 0 fully saturated rings. The second-order valence-electron chi connectivity index (χ2n) is 3.72. The number of hydrazone groups is 1. The average molecular weight is 234 g/mol. The van der Waals surface area contributed by atoms with Crippen molar-refractivity contribution in [3.05, 3.63) is 23.8 Å². The molecule has 0 unspecified atom stereocenters. The Hall–Kier alpha value is -2.04. The standard InChI is InChI=1S/C12H14N2O3/c1-8(13-14-9(2)15)10-3-4-11-12(7-10)17-6-5-16-11/h3-4,7H,5-6H2,1-2H3,(H,14,15). The van der Waals surface area contributed by atoms with Gasteiger partial charge in [0.2, 0.25) is 5.91 Å². The van der Waals surface area contributed by atoms with Crippen LogP contribution in [0.15, 0.2) is 23.3 Å². The van der Waals surface area contributed by atoms with Crippen molar-refractivity contribution in [2.45, 2.75) is 13.8 Å². The number of nitrogens with one attached hydrogen (secondary N) is 1. The highest BCUT2D eigenvalue weighted by atomic mass is 16.6. The van der Waals surface area contributed by atoms with Crippen molar-refractivity contribution >= 4 is 11.6 Å². The van der Waals surface area contributed by atoms with Crippen LogP contribution < -0.4 is 14.9 Å². The van der Waals surface area contributed by atoms with Crippen LogP contribution in [0.3, 0.4) is 0 Å². The Balaban J connectivity index is 2.21. The van der Waals surface area contributed by atoms with Crippen LogP contribution in [0.1, 0.15) is 19.4 Å². The van der Waals surface area contributed by atoms with Crippen molar-refractivity contribution < 1.29 is 14.3 Å². The van der Waals surface area contributed by atoms with E-state index < -0.39 is 0 Å². The fraction of sp³-hybridized carbons (Fsp3) is 0.333. The van der Waals surface area contributed by atoms with Crippen LogP contribution in [0.4, 0.5) is 0 Å². The SMILES string of the molecule is CC(=O)NN=C(C)c1ccc2c(c1)OCCO2. The molecular weight excluding hydrogens is 220 g/mol. The Morgan fingerprint density at radius 3 is 2.65 bits per heavy atom. The van der Waals surface area contributed by atoms with E-state index in [0.717, 1.165) is 17.0 Å². The summed E-state index contributed by atoms with van der Waals surface area (Å²) in [5.41, 5.74) is 4.01. The zero-order chi connectivity index (χ0) is 12.3. The maximum absolute atomic E-state index is 10.7. The van der Waals surface area contributed by atoms with Crippen molar-refractivity contribution in [1.82, 2.24) is 5.43 Å². The molecule has 2 rings (SSSR count). The highest BCUT2D eigenvalue weighted by molar-refractivity contribution is 5.99. The first-order valence-corrected chi connectivity index (χ1v) is 5.37. The summed E-state index contributed by atoms with van der Waals surface area (Å²) in [6.45, 7) is 4.37. The van der Waals surface area contributed by atoms with Crippen LogP contribution in [0, 0.1) is 0 Å². The summed E-state index contributed by atoms with van der Waals surface area (Å²) in [5.74, 6) is 1.26. The van der Waals surface area contributed by atoms with E-state index in [1.54, 1.807) is 0 Å². The Morgan fingerprint density at radius 2 is 1.94 bits per heavy atom. The fourth-order valence-corrected chi connectivity index (χ4v) is 1.50. The molecule has 1 aliphatic rings. The molecule has 5 heteroatoms. The Morgan fingerprint density at radius 1 is 1.24 bits per heavy atom. The summed E-state index contributed by atoms with van der Waals surface area (Å²) in [6.07, 6.45) is 0. The van der Waals surface area contributed by atoms with E-state index in [2.05, 4.69) is 10.5 Å². The third-order valence-corrected chi connectivity index (χ3v) is 2.34. The van der Waals surface area contributed by atoms with Gasteiger partial charge < -0.3 is 9.47 Å². The molecule has 5 nitrogen and oxygen atoms in total. The van der Waals surface area contributed by atoms with Crippen LogP contribution in [0.5, 0.6) is 11.5 Å². The Kier molecular flexibility index (Phi) is 3.27. The lowest BCUT2D eigenvalue weighted by Gasteiger charge is -2.18. The van der Waals surface area contributed by atoms with E-state index in [0.29, 0.717) is 19.0 Å². The van der Waals surface area contributed by atoms with Crippen molar-refractivity contribution in [3.63, 3.8) is 0 Å². The zero-order valence-electron chi connectivity index (χ0n) is 9.82. The van der Waals surface area contributed by atoms with Crippen molar-refractivity contribution in [2.75, 3.05) is 13.2 Å². The molecule has 0 bridgehead atoms. The van der Waals surface area contributed by atoms with Crippen LogP contribution in [0.2, 0.25) is 0 Å². The first-order valence-electron chi connectivity index (χ1n) is 5.37. The van der Waals surface area contributed by atoms with E-state index in [4.69, 9.17) is 9.47 Å². The smallest absolute Gasteiger partial charge is 0.236 e. The molecule has 0 atom stereocenters. The lowest BCUT2D eigenvalue weighted by Crippen LogP contribution is -2.17. The quantitative estimate of drug-likeness (QED) is 0.620. The number of hydrogen-bond donors (Lipinski definition) is 1. The van der Waals surface area contributed by atoms with Crippen molar-refractivity contribution in [2.24, 2.45) is 5.10 Å². The van der Waals surface area contributed by atoms with Gasteiger partial charge in [-0.25, -0.2) is 5.43 Å². The van der Waals surface area contributed by atoms with Gasteiger partial charge in [-0.2, -0.15) is 5.10 Å². The van der Waals surface area contributed by atoms with Gasteiger partial charge in [-0.05, 0) is 25.1 Å². The Bertz CT molecular complexity index is 469. The van der Waals surface area contributed by atoms with Crippen molar-refractivity contribution in [1.29, 1.82) is 0 Å². The van der Waals surface area contributed by atoms with Crippen LogP contribution in [0.25, 0.3) is 0 Å². The number of rotatable bonds is 2. The summed E-state index contributed by atoms with van der Waals surface area (Å²) >= 11 is 0. The van der Waals surface area contributed by atoms with Crippen molar-refractivity contribution in [3.8, 4) is 11.5 Å². The summed E-state index contributed by atoms with van der Waals surface area (Å²) in [4.78, 5) is 10.7. The normalized spacial score (nSPS) is 14.4. The van der Waals surface area contributed by atoms with Gasteiger partial charge in [-0.15, -0.1) is 0 Å². The number of benzene rings is 1. The number of nitrogens with zero attached hydrogens (tertiary/aromatic N) is 1. The summed E-state index contributed by atoms with van der Waals surface area (Å²) in [6, 6.07) is 5.58. The predicted octanol–water partition coefficient (Wildman–Crippen LogP) is 1.32. The first kappa shape index (κ1) is 11.4. The van der Waals surface area contributed by atoms with Gasteiger partial charge in [0, 0.05) is 12.5 Å². The minimum absolute atomic E-state index is 0.193. The number of fused-ring (bicyclic) bond motifs is 1. The third kappa shape index (κ3) is 2.75. The molecule has 0 radical (unpaired) electrons. The van der Waals surface area contributed by atoms with Gasteiger partial charge in [0.15, 0.2) is 11.5 Å². The lowest BCUT2D eigenvalue weighted by atomic mass is 10.1. The topological polar surface area (TPSA) is 59.9 Å². The molecular formula is C12H14N2O3. The molecule has 1 aromatic rings. The van der Waals surface area contributed by atoms with Crippen LogP contribution in [-0.2, 0) is 4.79 Å². The summed E-state index contributed by atoms with van der Waals surface area (Å²) < 4.78 is 10.9. The molecule has 0 aromatic heterocycles. The molecule has 0 spiro atoms. The molecule has 90 valence electrons. The van der Waals surface area contributed by atoms with E-state index in [9.17, 15) is 4.79 Å². The van der Waals surface area contributed by atoms with E-state index in [1.807, 2.05) is 25.1 Å². The number of hydrogen-bond acceptors (Lipinski definition) is 4. The monoisotopic (exact) mass is 234 g/mol. The predicted molar refractivity (Wildman–Crippen MR) is 63.5 cm³/mol. The number of ether oxygens (including phenoxy) is 2. The van der Waals surface area contributed by atoms with Crippen LogP contribution >= 0.6 is 0 Å². The summed E-state index contributed by atoms with van der Waals surface area (Å²) in [7, 11) is 0. The molecule has 1 aromatic carbocycles. The minimum atomic E-state index is -0.193. The second kappa shape index (κ2) is 4.86. The number of carbonyl (C=O) groups excluding carboxylic acids is 1. The molecule has 1 N–H and O–H groups in total. The summed E-state index contributed by atoms with van der Waals surface area (Å²) in [5, 5.41) is 3.96. The lowest BCUT2D eigenvalue weighted by molar-refractivity contribution is -0.118. The second-order valence-corrected chi connectivity index (χ2v) is 3.72. The van der Waals surface area contributed by atoms with Gasteiger partial charge in [0.05, 0.1) is 5.71 Å². The average Bonchev–Trinajstić information content (AvgIpc) is 2.35. The van der Waals surface area contributed by atoms with E-state index >= 15 is 0 Å². The molecule has 1 aliphatic heterocycles. The molecule has 0 aliphatic carbocycles. The maximum atomic E-state index is 10.7. The largest absolute Gasteiger partial charge is 0.486 e. The van der Waals surface area contributed by atoms with E-state index in [-0.39, 0.29) is 5.91 Å². The van der Waals surface area contributed by atoms with Gasteiger partial charge in [0.1, 0.15) is 13.2 Å². The van der Waals surface area contributed by atoms with E-state index in [1.165, 1.54) is 6.92 Å². The molecule has 0 saturated heterocycles. The highest BCUT2D eigenvalue weighted by Crippen LogP contribution is 2.30. The minimum Gasteiger partial charge on any atom is -0.486 e. The molecule has 17 heavy (non-hydrogen) atoms. The van der Waals surface area contributed by atoms with Gasteiger partial charge >= 0.3 is 0 Å². The Labute approximate surface area is 99.4 Å². The number of carbonyl (C=O) groups is 1. The molecule has 1 amide bonds. The zero-order valence-corrected chi connectivity index (χ0v) is 9.82. The van der Waals surface area contributed by atoms with Gasteiger partial charge in [-0.1, -0.05) is 0 Å². The van der Waals surface area contributed by atoms with Gasteiger partial charge in [0.25, 0.3) is 0 Å². The molecule has 0 saturated carbocycles. The maximum Gasteiger partial charge on any atom is 0.236 e. The third-order valence-electron chi connectivity index (χ3n) is 2.34. The van der Waals surface area contributed by atoms with Crippen LogP contribution in [-0.4, -0.2) is 24.8 Å². The molecule has 1 heterocycles. The first-order chi connectivity index (χ1) is 8.16. The van der Waals surface area contributed by atoms with Gasteiger partial charge in [-0.3, -0.25) is 4.79 Å². The number of amides is 1. The highest BCUT2D eigenvalue weighted by Gasteiger charge is 2.12. The fourth-order valence-electron chi connectivity index (χ4n) is 1.50.